The molecule has 4 heteroatoms. The van der Waals surface area contributed by atoms with E-state index in [1.54, 1.807) is 0 Å². The lowest BCUT2D eigenvalue weighted by molar-refractivity contribution is -0.166. The zero-order valence-electron chi connectivity index (χ0n) is 20.7. The number of hydrogen-bond acceptors (Lipinski definition) is 4. The van der Waals surface area contributed by atoms with Crippen molar-refractivity contribution in [3.05, 3.63) is 0 Å². The summed E-state index contributed by atoms with van der Waals surface area (Å²) >= 11 is 0. The van der Waals surface area contributed by atoms with Crippen molar-refractivity contribution in [3.8, 4) is 0 Å². The predicted molar refractivity (Wildman–Crippen MR) is 123 cm³/mol. The molecule has 0 aromatic heterocycles. The van der Waals surface area contributed by atoms with Crippen molar-refractivity contribution in [2.45, 2.75) is 105 Å². The molecule has 9 atom stereocenters. The SMILES string of the molecule is CNC(C(=O)OC1CCC2(C)C(CCC3C2CCC2(C)C(C(C)=O)CCC32)C1)C(C)C. The topological polar surface area (TPSA) is 55.4 Å². The van der Waals surface area contributed by atoms with Crippen LogP contribution in [0.15, 0.2) is 0 Å². The molecule has 4 nitrogen and oxygen atoms in total. The van der Waals surface area contributed by atoms with Gasteiger partial charge in [-0.15, -0.1) is 0 Å². The number of Topliss-reactive ketones (excluding diaryl/α,β-unsaturated/α-hetero) is 1. The molecule has 1 N–H and O–H groups in total. The van der Waals surface area contributed by atoms with Crippen molar-refractivity contribution in [1.82, 2.24) is 5.32 Å². The van der Waals surface area contributed by atoms with E-state index < -0.39 is 0 Å². The van der Waals surface area contributed by atoms with Gasteiger partial charge in [-0.25, -0.2) is 0 Å². The minimum atomic E-state index is -0.211. The van der Waals surface area contributed by atoms with Crippen molar-refractivity contribution in [1.29, 1.82) is 0 Å². The fraction of sp³-hybridized carbons (Fsp3) is 0.926. The fourth-order valence-electron chi connectivity index (χ4n) is 8.95. The first-order chi connectivity index (χ1) is 14.6. The van der Waals surface area contributed by atoms with Crippen molar-refractivity contribution in [2.75, 3.05) is 7.05 Å². The Kier molecular flexibility index (Phi) is 6.35. The van der Waals surface area contributed by atoms with Crippen LogP contribution in [0.5, 0.6) is 0 Å². The van der Waals surface area contributed by atoms with E-state index >= 15 is 0 Å². The highest BCUT2D eigenvalue weighted by atomic mass is 16.5. The van der Waals surface area contributed by atoms with E-state index in [9.17, 15) is 9.59 Å². The smallest absolute Gasteiger partial charge is 0.323 e. The highest BCUT2D eigenvalue weighted by molar-refractivity contribution is 5.79. The van der Waals surface area contributed by atoms with Crippen LogP contribution in [0.25, 0.3) is 0 Å². The Morgan fingerprint density at radius 3 is 2.26 bits per heavy atom. The quantitative estimate of drug-likeness (QED) is 0.593. The van der Waals surface area contributed by atoms with Crippen molar-refractivity contribution >= 4 is 11.8 Å². The monoisotopic (exact) mass is 431 g/mol. The Bertz CT molecular complexity index is 705. The standard InChI is InChI=1S/C27H45NO3/c1-16(2)24(28-6)25(30)31-19-11-13-26(4)18(15-19)7-8-20-22-10-9-21(17(3)29)27(22,5)14-12-23(20)26/h16,18-24,28H,7-15H2,1-6H3. The molecular formula is C27H45NO3. The van der Waals surface area contributed by atoms with Crippen LogP contribution >= 0.6 is 0 Å². The summed E-state index contributed by atoms with van der Waals surface area (Å²) in [6.07, 6.45) is 10.8. The second kappa shape index (κ2) is 8.47. The van der Waals surface area contributed by atoms with E-state index in [1.165, 1.54) is 38.5 Å². The van der Waals surface area contributed by atoms with Crippen molar-refractivity contribution in [2.24, 2.45) is 46.3 Å². The third kappa shape index (κ3) is 3.79. The highest BCUT2D eigenvalue weighted by Gasteiger charge is 2.61. The number of esters is 1. The molecule has 4 fully saturated rings. The van der Waals surface area contributed by atoms with Crippen LogP contribution in [-0.4, -0.2) is 30.9 Å². The number of carbonyl (C=O) groups is 2. The van der Waals surface area contributed by atoms with Gasteiger partial charge in [0.25, 0.3) is 0 Å². The lowest BCUT2D eigenvalue weighted by atomic mass is 9.44. The molecule has 4 aliphatic rings. The molecular weight excluding hydrogens is 386 g/mol. The third-order valence-corrected chi connectivity index (χ3v) is 10.6. The van der Waals surface area contributed by atoms with Crippen LogP contribution in [0.1, 0.15) is 92.4 Å². The highest BCUT2D eigenvalue weighted by Crippen LogP contribution is 2.67. The summed E-state index contributed by atoms with van der Waals surface area (Å²) in [7, 11) is 1.85. The summed E-state index contributed by atoms with van der Waals surface area (Å²) in [5, 5.41) is 3.13. The minimum absolute atomic E-state index is 0.0746. The molecule has 0 radical (unpaired) electrons. The molecule has 0 saturated heterocycles. The van der Waals surface area contributed by atoms with Crippen LogP contribution in [0, 0.1) is 46.3 Å². The summed E-state index contributed by atoms with van der Waals surface area (Å²) in [5.74, 6) is 3.85. The Balaban J connectivity index is 1.44. The maximum Gasteiger partial charge on any atom is 0.323 e. The average Bonchev–Trinajstić information content (AvgIpc) is 3.06. The van der Waals surface area contributed by atoms with Gasteiger partial charge in [-0.05, 0) is 112 Å². The van der Waals surface area contributed by atoms with Crippen LogP contribution in [0.4, 0.5) is 0 Å². The lowest BCUT2D eigenvalue weighted by Crippen LogP contribution is -2.54. The molecule has 0 bridgehead atoms. The first-order valence-corrected chi connectivity index (χ1v) is 13.0. The Morgan fingerprint density at radius 1 is 0.935 bits per heavy atom. The Morgan fingerprint density at radius 2 is 1.61 bits per heavy atom. The van der Waals surface area contributed by atoms with Crippen molar-refractivity contribution in [3.63, 3.8) is 0 Å². The number of rotatable bonds is 5. The number of carbonyl (C=O) groups excluding carboxylic acids is 2. The van der Waals surface area contributed by atoms with Gasteiger partial charge in [0.2, 0.25) is 0 Å². The molecule has 0 amide bonds. The number of hydrogen-bond donors (Lipinski definition) is 1. The molecule has 176 valence electrons. The maximum absolute atomic E-state index is 12.7. The van der Waals surface area contributed by atoms with E-state index in [0.717, 1.165) is 37.0 Å². The first kappa shape index (κ1) is 23.3. The zero-order valence-corrected chi connectivity index (χ0v) is 20.7. The van der Waals surface area contributed by atoms with E-state index in [1.807, 2.05) is 14.0 Å². The summed E-state index contributed by atoms with van der Waals surface area (Å²) in [4.78, 5) is 25.0. The molecule has 4 saturated carbocycles. The van der Waals surface area contributed by atoms with Crippen LogP contribution in [0.2, 0.25) is 0 Å². The number of nitrogens with one attached hydrogen (secondary N) is 1. The van der Waals surface area contributed by atoms with Gasteiger partial charge in [-0.2, -0.15) is 0 Å². The molecule has 31 heavy (non-hydrogen) atoms. The molecule has 9 unspecified atom stereocenters. The van der Waals surface area contributed by atoms with E-state index in [-0.39, 0.29) is 29.4 Å². The predicted octanol–water partition coefficient (Wildman–Crippen LogP) is 5.39. The van der Waals surface area contributed by atoms with Crippen LogP contribution in [0.3, 0.4) is 0 Å². The van der Waals surface area contributed by atoms with Gasteiger partial charge in [-0.1, -0.05) is 27.7 Å². The van der Waals surface area contributed by atoms with Gasteiger partial charge >= 0.3 is 5.97 Å². The number of fused-ring (bicyclic) bond motifs is 5. The number of ketones is 1. The van der Waals surface area contributed by atoms with E-state index in [4.69, 9.17) is 4.74 Å². The summed E-state index contributed by atoms with van der Waals surface area (Å²) < 4.78 is 6.02. The molecule has 0 aromatic rings. The normalized spacial score (nSPS) is 45.4. The number of ether oxygens (including phenoxy) is 1. The third-order valence-electron chi connectivity index (χ3n) is 10.6. The molecule has 0 aromatic carbocycles. The molecule has 0 heterocycles. The molecule has 4 aliphatic carbocycles. The van der Waals surface area contributed by atoms with Gasteiger partial charge in [0.1, 0.15) is 17.9 Å². The summed E-state index contributed by atoms with van der Waals surface area (Å²) in [6.45, 7) is 10.9. The second-order valence-corrected chi connectivity index (χ2v) is 12.3. The number of likely N-dealkylation sites (N-methyl/N-ethyl adjacent to an activating group) is 1. The van der Waals surface area contributed by atoms with Gasteiger partial charge in [0.15, 0.2) is 0 Å². The van der Waals surface area contributed by atoms with E-state index in [2.05, 4.69) is 33.0 Å². The largest absolute Gasteiger partial charge is 0.461 e. The molecule has 0 spiro atoms. The lowest BCUT2D eigenvalue weighted by Gasteiger charge is -2.61. The minimum Gasteiger partial charge on any atom is -0.461 e. The first-order valence-electron chi connectivity index (χ1n) is 13.0. The second-order valence-electron chi connectivity index (χ2n) is 12.3. The molecule has 0 aliphatic heterocycles. The van der Waals surface area contributed by atoms with Gasteiger partial charge < -0.3 is 10.1 Å². The Hall–Kier alpha value is -0.900. The van der Waals surface area contributed by atoms with Crippen LogP contribution in [-0.2, 0) is 14.3 Å². The van der Waals surface area contributed by atoms with Crippen molar-refractivity contribution < 1.29 is 14.3 Å². The summed E-state index contributed by atoms with van der Waals surface area (Å²) in [5.41, 5.74) is 0.615. The fourth-order valence-corrected chi connectivity index (χ4v) is 8.95. The molecule has 4 rings (SSSR count). The van der Waals surface area contributed by atoms with Gasteiger partial charge in [0.05, 0.1) is 0 Å². The van der Waals surface area contributed by atoms with E-state index in [0.29, 0.717) is 23.0 Å². The summed E-state index contributed by atoms with van der Waals surface area (Å²) in [6, 6.07) is -0.211. The zero-order chi connectivity index (χ0) is 22.6. The van der Waals surface area contributed by atoms with Gasteiger partial charge in [-0.3, -0.25) is 9.59 Å². The van der Waals surface area contributed by atoms with Crippen LogP contribution < -0.4 is 5.32 Å². The Labute approximate surface area is 189 Å². The maximum atomic E-state index is 12.7. The van der Waals surface area contributed by atoms with Gasteiger partial charge in [0, 0.05) is 5.92 Å². The average molecular weight is 432 g/mol.